The van der Waals surface area contributed by atoms with Gasteiger partial charge >= 0.3 is 5.97 Å². The molecule has 0 saturated carbocycles. The van der Waals surface area contributed by atoms with Crippen molar-refractivity contribution in [2.24, 2.45) is 0 Å². The number of hydrogen-bond donors (Lipinski definition) is 2. The zero-order valence-corrected chi connectivity index (χ0v) is 8.75. The Balaban J connectivity index is 2.81. The van der Waals surface area contributed by atoms with Gasteiger partial charge in [0.05, 0.1) is 10.5 Å². The van der Waals surface area contributed by atoms with Crippen LogP contribution in [-0.2, 0) is 9.63 Å². The lowest BCUT2D eigenvalue weighted by Crippen LogP contribution is -2.27. The van der Waals surface area contributed by atoms with Crippen LogP contribution in [-0.4, -0.2) is 28.5 Å². The molecule has 1 aromatic carbocycles. The Bertz CT molecular complexity index is 504. The lowest BCUT2D eigenvalue weighted by Gasteiger charge is -2.04. The van der Waals surface area contributed by atoms with Gasteiger partial charge in [-0.2, -0.15) is 0 Å². The van der Waals surface area contributed by atoms with E-state index < -0.39 is 40.5 Å². The van der Waals surface area contributed by atoms with Crippen molar-refractivity contribution in [3.05, 3.63) is 39.7 Å². The first-order valence-corrected chi connectivity index (χ1v) is 4.49. The number of non-ortho nitro benzene ring substituents is 1. The fourth-order valence-electron chi connectivity index (χ4n) is 1.02. The van der Waals surface area contributed by atoms with Crippen LogP contribution in [0.3, 0.4) is 0 Å². The predicted molar refractivity (Wildman–Crippen MR) is 54.1 cm³/mol. The van der Waals surface area contributed by atoms with E-state index in [9.17, 15) is 24.1 Å². The van der Waals surface area contributed by atoms with Gasteiger partial charge in [-0.05, 0) is 6.07 Å². The van der Waals surface area contributed by atoms with E-state index in [-0.39, 0.29) is 0 Å². The van der Waals surface area contributed by atoms with Gasteiger partial charge in [0, 0.05) is 12.1 Å². The van der Waals surface area contributed by atoms with Gasteiger partial charge in [-0.1, -0.05) is 0 Å². The maximum atomic E-state index is 13.2. The first kappa shape index (κ1) is 13.5. The number of carbonyl (C=O) groups excluding carboxylic acids is 1. The molecule has 18 heavy (non-hydrogen) atoms. The molecule has 1 aromatic rings. The predicted octanol–water partition coefficient (Wildman–Crippen LogP) is 0.480. The summed E-state index contributed by atoms with van der Waals surface area (Å²) in [6, 6.07) is 2.36. The number of rotatable bonds is 5. The highest BCUT2D eigenvalue weighted by Gasteiger charge is 2.17. The first-order chi connectivity index (χ1) is 8.41. The first-order valence-electron chi connectivity index (χ1n) is 4.49. The minimum absolute atomic E-state index is 0.472. The number of benzene rings is 1. The molecule has 0 fully saturated rings. The molecular formula is C9H7FN2O6. The number of hydroxylamine groups is 1. The molecule has 0 aliphatic carbocycles. The van der Waals surface area contributed by atoms with Gasteiger partial charge in [-0.25, -0.2) is 14.7 Å². The second-order valence-corrected chi connectivity index (χ2v) is 3.03. The van der Waals surface area contributed by atoms with Crippen LogP contribution >= 0.6 is 0 Å². The molecule has 2 N–H and O–H groups in total. The van der Waals surface area contributed by atoms with Crippen LogP contribution < -0.4 is 5.48 Å². The van der Waals surface area contributed by atoms with Gasteiger partial charge in [0.2, 0.25) is 0 Å². The van der Waals surface area contributed by atoms with Crippen LogP contribution in [0.2, 0.25) is 0 Å². The van der Waals surface area contributed by atoms with Crippen molar-refractivity contribution in [1.82, 2.24) is 5.48 Å². The zero-order chi connectivity index (χ0) is 13.7. The summed E-state index contributed by atoms with van der Waals surface area (Å²) >= 11 is 0. The Morgan fingerprint density at radius 2 is 2.17 bits per heavy atom. The third-order valence-electron chi connectivity index (χ3n) is 1.77. The molecule has 0 heterocycles. The molecule has 0 aliphatic rings. The third kappa shape index (κ3) is 3.49. The fourth-order valence-corrected chi connectivity index (χ4v) is 1.02. The monoisotopic (exact) mass is 258 g/mol. The Kier molecular flexibility index (Phi) is 4.27. The van der Waals surface area contributed by atoms with E-state index >= 15 is 0 Å². The number of nitrogens with one attached hydrogen (secondary N) is 1. The summed E-state index contributed by atoms with van der Waals surface area (Å²) in [6.07, 6.45) is 0. The second-order valence-electron chi connectivity index (χ2n) is 3.03. The van der Waals surface area contributed by atoms with Crippen LogP contribution in [0, 0.1) is 15.9 Å². The third-order valence-corrected chi connectivity index (χ3v) is 1.77. The summed E-state index contributed by atoms with van der Waals surface area (Å²) in [4.78, 5) is 35.3. The average Bonchev–Trinajstić information content (AvgIpc) is 2.28. The second kappa shape index (κ2) is 5.68. The van der Waals surface area contributed by atoms with Gasteiger partial charge in [0.1, 0.15) is 5.82 Å². The highest BCUT2D eigenvalue weighted by molar-refractivity contribution is 5.94. The quantitative estimate of drug-likeness (QED) is 0.585. The van der Waals surface area contributed by atoms with Gasteiger partial charge < -0.3 is 5.11 Å². The molecule has 0 spiro atoms. The van der Waals surface area contributed by atoms with E-state index in [1.807, 2.05) is 0 Å². The molecule has 0 aromatic heterocycles. The number of carbonyl (C=O) groups is 2. The normalized spacial score (nSPS) is 9.83. The smallest absolute Gasteiger partial charge is 0.332 e. The summed E-state index contributed by atoms with van der Waals surface area (Å²) in [6.45, 7) is -0.817. The fraction of sp³-hybridized carbons (Fsp3) is 0.111. The van der Waals surface area contributed by atoms with E-state index in [0.29, 0.717) is 0 Å². The van der Waals surface area contributed by atoms with Crippen molar-refractivity contribution in [2.45, 2.75) is 0 Å². The SMILES string of the molecule is O=C(O)CONC(=O)c1cc([N+](=O)[O-])ccc1F. The highest BCUT2D eigenvalue weighted by atomic mass is 19.1. The Labute approximate surface area is 99.1 Å². The lowest BCUT2D eigenvalue weighted by atomic mass is 10.2. The van der Waals surface area contributed by atoms with Gasteiger partial charge in [0.25, 0.3) is 11.6 Å². The maximum Gasteiger partial charge on any atom is 0.332 e. The highest BCUT2D eigenvalue weighted by Crippen LogP contribution is 2.16. The summed E-state index contributed by atoms with van der Waals surface area (Å²) in [5.74, 6) is -3.44. The van der Waals surface area contributed by atoms with Crippen LogP contribution in [0.1, 0.15) is 10.4 Å². The average molecular weight is 258 g/mol. The minimum atomic E-state index is -1.34. The van der Waals surface area contributed by atoms with Crippen molar-refractivity contribution < 1.29 is 28.8 Å². The van der Waals surface area contributed by atoms with E-state index in [0.717, 1.165) is 18.2 Å². The summed E-state index contributed by atoms with van der Waals surface area (Å²) in [5.41, 5.74) is 0.566. The summed E-state index contributed by atoms with van der Waals surface area (Å²) in [7, 11) is 0. The zero-order valence-electron chi connectivity index (χ0n) is 8.75. The van der Waals surface area contributed by atoms with Crippen molar-refractivity contribution >= 4 is 17.6 Å². The molecule has 0 saturated heterocycles. The largest absolute Gasteiger partial charge is 0.479 e. The number of carboxylic acid groups (broad SMARTS) is 1. The van der Waals surface area contributed by atoms with Crippen molar-refractivity contribution in [3.63, 3.8) is 0 Å². The maximum absolute atomic E-state index is 13.2. The van der Waals surface area contributed by atoms with Crippen LogP contribution in [0.4, 0.5) is 10.1 Å². The molecular weight excluding hydrogens is 251 g/mol. The van der Waals surface area contributed by atoms with Crippen LogP contribution in [0.15, 0.2) is 18.2 Å². The number of nitro benzene ring substituents is 1. The Morgan fingerprint density at radius 3 is 2.72 bits per heavy atom. The molecule has 0 atom stereocenters. The number of carboxylic acids is 1. The van der Waals surface area contributed by atoms with Gasteiger partial charge in [-0.15, -0.1) is 0 Å². The number of nitrogens with zero attached hydrogens (tertiary/aromatic N) is 1. The number of hydrogen-bond acceptors (Lipinski definition) is 5. The van der Waals surface area contributed by atoms with Gasteiger partial charge in [-0.3, -0.25) is 19.7 Å². The Hall–Kier alpha value is -2.55. The topological polar surface area (TPSA) is 119 Å². The minimum Gasteiger partial charge on any atom is -0.479 e. The van der Waals surface area contributed by atoms with E-state index in [4.69, 9.17) is 5.11 Å². The molecule has 0 radical (unpaired) electrons. The Morgan fingerprint density at radius 1 is 1.50 bits per heavy atom. The lowest BCUT2D eigenvalue weighted by molar-refractivity contribution is -0.384. The molecule has 8 nitrogen and oxygen atoms in total. The van der Waals surface area contributed by atoms with Gasteiger partial charge in [0.15, 0.2) is 6.61 Å². The van der Waals surface area contributed by atoms with Crippen molar-refractivity contribution in [1.29, 1.82) is 0 Å². The molecule has 0 aliphatic heterocycles. The number of halogens is 1. The molecule has 9 heteroatoms. The van der Waals surface area contributed by atoms with E-state index in [1.165, 1.54) is 0 Å². The number of aliphatic carboxylic acids is 1. The van der Waals surface area contributed by atoms with E-state index in [2.05, 4.69) is 4.84 Å². The molecule has 0 unspecified atom stereocenters. The van der Waals surface area contributed by atoms with E-state index in [1.54, 1.807) is 5.48 Å². The molecule has 0 bridgehead atoms. The molecule has 96 valence electrons. The van der Waals surface area contributed by atoms with Crippen molar-refractivity contribution in [2.75, 3.05) is 6.61 Å². The summed E-state index contributed by atoms with van der Waals surface area (Å²) < 4.78 is 13.2. The van der Waals surface area contributed by atoms with Crippen molar-refractivity contribution in [3.8, 4) is 0 Å². The standard InChI is InChI=1S/C9H7FN2O6/c10-7-2-1-5(12(16)17)3-6(7)9(15)11-18-4-8(13)14/h1-3H,4H2,(H,11,15)(H,13,14). The number of nitro groups is 1. The summed E-state index contributed by atoms with van der Waals surface area (Å²) in [5, 5.41) is 18.7. The number of amides is 1. The molecule has 1 rings (SSSR count). The molecule has 1 amide bonds. The van der Waals surface area contributed by atoms with Crippen LogP contribution in [0.5, 0.6) is 0 Å². The van der Waals surface area contributed by atoms with Crippen LogP contribution in [0.25, 0.3) is 0 Å².